The van der Waals surface area contributed by atoms with Gasteiger partial charge in [-0.25, -0.2) is 0 Å². The molecule has 0 spiro atoms. The molecule has 0 N–H and O–H groups in total. The molecule has 2 aromatic rings. The SMILES string of the molecule is O=c1c2c(oc3ccccc13)O2. The van der Waals surface area contributed by atoms with E-state index in [0.717, 1.165) is 0 Å². The standard InChI is InChI=1S/C9H4O3/c10-7-5-3-1-2-4-6(5)11-9-8(7)12-9/h1-4H. The second kappa shape index (κ2) is 1.69. The van der Waals surface area contributed by atoms with Crippen LogP contribution in [0.3, 0.4) is 0 Å². The molecule has 1 aromatic carbocycles. The van der Waals surface area contributed by atoms with E-state index < -0.39 is 0 Å². The van der Waals surface area contributed by atoms with Crippen LogP contribution in [0.25, 0.3) is 11.0 Å². The van der Waals surface area contributed by atoms with Gasteiger partial charge in [0.05, 0.1) is 5.39 Å². The van der Waals surface area contributed by atoms with E-state index in [9.17, 15) is 4.79 Å². The molecule has 3 heteroatoms. The van der Waals surface area contributed by atoms with Gasteiger partial charge in [0.1, 0.15) is 5.58 Å². The van der Waals surface area contributed by atoms with E-state index in [1.165, 1.54) is 0 Å². The first kappa shape index (κ1) is 5.83. The molecule has 0 saturated heterocycles. The Labute approximate surface area is 67.2 Å². The van der Waals surface area contributed by atoms with Gasteiger partial charge in [0.2, 0.25) is 5.43 Å². The monoisotopic (exact) mass is 160 g/mol. The van der Waals surface area contributed by atoms with Crippen molar-refractivity contribution in [1.82, 2.24) is 0 Å². The molecule has 0 atom stereocenters. The Morgan fingerprint density at radius 1 is 1.17 bits per heavy atom. The van der Waals surface area contributed by atoms with E-state index in [-0.39, 0.29) is 5.43 Å². The summed E-state index contributed by atoms with van der Waals surface area (Å²) in [6.45, 7) is 0. The van der Waals surface area contributed by atoms with Crippen molar-refractivity contribution in [2.75, 3.05) is 0 Å². The summed E-state index contributed by atoms with van der Waals surface area (Å²) >= 11 is 0. The molecule has 1 aliphatic rings. The van der Waals surface area contributed by atoms with E-state index >= 15 is 0 Å². The van der Waals surface area contributed by atoms with E-state index in [2.05, 4.69) is 0 Å². The van der Waals surface area contributed by atoms with Gasteiger partial charge in [-0.15, -0.1) is 0 Å². The van der Waals surface area contributed by atoms with Crippen LogP contribution in [-0.2, 0) is 0 Å². The lowest BCUT2D eigenvalue weighted by Crippen LogP contribution is -1.93. The molecular weight excluding hydrogens is 156 g/mol. The number of rotatable bonds is 0. The predicted molar refractivity (Wildman–Crippen MR) is 42.6 cm³/mol. The highest BCUT2D eigenvalue weighted by molar-refractivity contribution is 5.80. The molecule has 3 nitrogen and oxygen atoms in total. The van der Waals surface area contributed by atoms with Crippen LogP contribution in [0.1, 0.15) is 0 Å². The minimum atomic E-state index is -0.0770. The molecule has 1 aromatic heterocycles. The molecule has 58 valence electrons. The van der Waals surface area contributed by atoms with Crippen LogP contribution in [0.4, 0.5) is 0 Å². The van der Waals surface area contributed by atoms with Gasteiger partial charge in [-0.1, -0.05) is 12.1 Å². The summed E-state index contributed by atoms with van der Waals surface area (Å²) in [7, 11) is 0. The Balaban J connectivity index is 2.63. The third-order valence-corrected chi connectivity index (χ3v) is 1.88. The fraction of sp³-hybridized carbons (Fsp3) is 0. The van der Waals surface area contributed by atoms with Crippen molar-refractivity contribution >= 4 is 11.0 Å². The quantitative estimate of drug-likeness (QED) is 0.471. The molecule has 3 rings (SSSR count). The molecule has 0 fully saturated rings. The lowest BCUT2D eigenvalue weighted by molar-refractivity contribution is 0.491. The highest BCUT2D eigenvalue weighted by atomic mass is 16.7. The van der Waals surface area contributed by atoms with Gasteiger partial charge in [0, 0.05) is 0 Å². The average Bonchev–Trinajstić information content (AvgIpc) is 2.84. The first-order valence-corrected chi connectivity index (χ1v) is 3.60. The predicted octanol–water partition coefficient (Wildman–Crippen LogP) is 1.90. The lowest BCUT2D eigenvalue weighted by Gasteiger charge is -1.87. The summed E-state index contributed by atoms with van der Waals surface area (Å²) < 4.78 is 10.0. The summed E-state index contributed by atoms with van der Waals surface area (Å²) in [4.78, 5) is 11.4. The highest BCUT2D eigenvalue weighted by Crippen LogP contribution is 2.43. The fourth-order valence-electron chi connectivity index (χ4n) is 1.24. The Kier molecular flexibility index (Phi) is 0.821. The summed E-state index contributed by atoms with van der Waals surface area (Å²) in [6, 6.07) is 7.09. The van der Waals surface area contributed by atoms with E-state index in [4.69, 9.17) is 9.15 Å². The number of para-hydroxylation sites is 1. The summed E-state index contributed by atoms with van der Waals surface area (Å²) in [5.74, 6) is 0.715. The van der Waals surface area contributed by atoms with Gasteiger partial charge < -0.3 is 9.15 Å². The number of benzene rings is 1. The highest BCUT2D eigenvalue weighted by Gasteiger charge is 2.29. The number of ether oxygens (including phenoxy) is 1. The third kappa shape index (κ3) is 0.580. The van der Waals surface area contributed by atoms with Gasteiger partial charge >= 0.3 is 5.95 Å². The second-order valence-corrected chi connectivity index (χ2v) is 2.65. The first-order chi connectivity index (χ1) is 5.86. The van der Waals surface area contributed by atoms with Crippen LogP contribution in [0.2, 0.25) is 0 Å². The van der Waals surface area contributed by atoms with Crippen molar-refractivity contribution in [2.24, 2.45) is 0 Å². The Morgan fingerprint density at radius 3 is 2.92 bits per heavy atom. The van der Waals surface area contributed by atoms with E-state index in [1.807, 2.05) is 6.07 Å². The smallest absolute Gasteiger partial charge is 0.340 e. The maximum Gasteiger partial charge on any atom is 0.340 e. The summed E-state index contributed by atoms with van der Waals surface area (Å²) in [5.41, 5.74) is 0.505. The minimum Gasteiger partial charge on any atom is -0.422 e. The molecule has 0 bridgehead atoms. The van der Waals surface area contributed by atoms with Crippen molar-refractivity contribution in [1.29, 1.82) is 0 Å². The van der Waals surface area contributed by atoms with Crippen LogP contribution in [0.15, 0.2) is 33.5 Å². The topological polar surface area (TPSA) is 42.7 Å². The number of hydrogen-bond acceptors (Lipinski definition) is 3. The molecule has 0 radical (unpaired) electrons. The van der Waals surface area contributed by atoms with E-state index in [0.29, 0.717) is 22.7 Å². The minimum absolute atomic E-state index is 0.0770. The maximum atomic E-state index is 11.4. The van der Waals surface area contributed by atoms with Crippen molar-refractivity contribution < 1.29 is 9.15 Å². The zero-order valence-corrected chi connectivity index (χ0v) is 6.03. The van der Waals surface area contributed by atoms with Crippen molar-refractivity contribution in [2.45, 2.75) is 0 Å². The largest absolute Gasteiger partial charge is 0.422 e. The van der Waals surface area contributed by atoms with Crippen LogP contribution in [0, 0.1) is 0 Å². The first-order valence-electron chi connectivity index (χ1n) is 3.60. The molecule has 0 amide bonds. The zero-order valence-electron chi connectivity index (χ0n) is 6.03. The van der Waals surface area contributed by atoms with Gasteiger partial charge in [-0.2, -0.15) is 0 Å². The van der Waals surface area contributed by atoms with Gasteiger partial charge in [0.15, 0.2) is 0 Å². The Morgan fingerprint density at radius 2 is 2.00 bits per heavy atom. The van der Waals surface area contributed by atoms with Crippen molar-refractivity contribution in [3.8, 4) is 11.7 Å². The van der Waals surface area contributed by atoms with Crippen molar-refractivity contribution in [3.05, 3.63) is 34.5 Å². The molecule has 1 aliphatic heterocycles. The Bertz CT molecular complexity index is 525. The van der Waals surface area contributed by atoms with Crippen molar-refractivity contribution in [3.63, 3.8) is 0 Å². The fourth-order valence-corrected chi connectivity index (χ4v) is 1.24. The number of hydrogen-bond donors (Lipinski definition) is 0. The number of fused-ring (bicyclic) bond motifs is 2. The normalized spacial score (nSPS) is 12.3. The van der Waals surface area contributed by atoms with Crippen LogP contribution in [0.5, 0.6) is 11.7 Å². The van der Waals surface area contributed by atoms with E-state index in [1.54, 1.807) is 18.2 Å². The van der Waals surface area contributed by atoms with Gasteiger partial charge in [-0.05, 0) is 12.1 Å². The third-order valence-electron chi connectivity index (χ3n) is 1.88. The van der Waals surface area contributed by atoms with Crippen LogP contribution >= 0.6 is 0 Å². The van der Waals surface area contributed by atoms with Crippen LogP contribution < -0.4 is 10.2 Å². The molecule has 12 heavy (non-hydrogen) atoms. The molecule has 0 unspecified atom stereocenters. The average molecular weight is 160 g/mol. The Hall–Kier alpha value is -1.77. The molecule has 0 aliphatic carbocycles. The lowest BCUT2D eigenvalue weighted by atomic mass is 10.2. The molecule has 0 saturated carbocycles. The van der Waals surface area contributed by atoms with Crippen LogP contribution in [-0.4, -0.2) is 0 Å². The maximum absolute atomic E-state index is 11.4. The molecular formula is C9H4O3. The summed E-state index contributed by atoms with van der Waals surface area (Å²) in [6.07, 6.45) is 0. The summed E-state index contributed by atoms with van der Waals surface area (Å²) in [5, 5.41) is 0.578. The second-order valence-electron chi connectivity index (χ2n) is 2.65. The van der Waals surface area contributed by atoms with Gasteiger partial charge in [-0.3, -0.25) is 4.79 Å². The molecule has 2 heterocycles. The zero-order chi connectivity index (χ0) is 8.13. The van der Waals surface area contributed by atoms with Gasteiger partial charge in [0.25, 0.3) is 5.75 Å².